The molecule has 0 spiro atoms. The number of amides is 2. The van der Waals surface area contributed by atoms with Crippen molar-refractivity contribution in [3.05, 3.63) is 42.5 Å². The molecule has 2 N–H and O–H groups in total. The van der Waals surface area contributed by atoms with E-state index in [2.05, 4.69) is 10.6 Å². The molecule has 21 heavy (non-hydrogen) atoms. The Kier molecular flexibility index (Phi) is 3.55. The van der Waals surface area contributed by atoms with Crippen molar-refractivity contribution in [2.24, 2.45) is 0 Å². The molecule has 0 bridgehead atoms. The molecule has 1 heterocycles. The highest BCUT2D eigenvalue weighted by Gasteiger charge is 2.28. The van der Waals surface area contributed by atoms with Gasteiger partial charge in [-0.1, -0.05) is 36.4 Å². The van der Waals surface area contributed by atoms with Gasteiger partial charge in [-0.05, 0) is 17.9 Å². The Hall–Kier alpha value is -2.08. The third-order valence-electron chi connectivity index (χ3n) is 3.61. The van der Waals surface area contributed by atoms with E-state index in [1.807, 2.05) is 42.5 Å². The third-order valence-corrected chi connectivity index (χ3v) is 5.37. The fourth-order valence-corrected chi connectivity index (χ4v) is 4.26. The van der Waals surface area contributed by atoms with Crippen LogP contribution in [0.15, 0.2) is 42.5 Å². The van der Waals surface area contributed by atoms with Crippen LogP contribution in [0.5, 0.6) is 0 Å². The first-order valence-electron chi connectivity index (χ1n) is 6.79. The zero-order valence-corrected chi connectivity index (χ0v) is 12.2. The van der Waals surface area contributed by atoms with Gasteiger partial charge in [0.1, 0.15) is 0 Å². The van der Waals surface area contributed by atoms with E-state index in [0.29, 0.717) is 12.1 Å². The maximum Gasteiger partial charge on any atom is 0.319 e. The van der Waals surface area contributed by atoms with Crippen LogP contribution in [-0.4, -0.2) is 32.0 Å². The summed E-state index contributed by atoms with van der Waals surface area (Å²) in [5.41, 5.74) is 0.714. The first-order valence-corrected chi connectivity index (χ1v) is 8.61. The zero-order valence-electron chi connectivity index (χ0n) is 11.4. The number of fused-ring (bicyclic) bond motifs is 1. The van der Waals surface area contributed by atoms with Crippen molar-refractivity contribution < 1.29 is 13.2 Å². The van der Waals surface area contributed by atoms with E-state index in [0.717, 1.165) is 10.8 Å². The molecule has 1 aliphatic heterocycles. The fourth-order valence-electron chi connectivity index (χ4n) is 2.59. The van der Waals surface area contributed by atoms with Gasteiger partial charge in [0.05, 0.1) is 17.2 Å². The van der Waals surface area contributed by atoms with Crippen molar-refractivity contribution in [2.75, 3.05) is 16.8 Å². The van der Waals surface area contributed by atoms with E-state index in [1.54, 1.807) is 0 Å². The Morgan fingerprint density at radius 2 is 1.86 bits per heavy atom. The predicted molar refractivity (Wildman–Crippen MR) is 83.2 cm³/mol. The summed E-state index contributed by atoms with van der Waals surface area (Å²) < 4.78 is 22.8. The summed E-state index contributed by atoms with van der Waals surface area (Å²) in [7, 11) is -2.99. The largest absolute Gasteiger partial charge is 0.334 e. The fraction of sp³-hybridized carbons (Fsp3) is 0.267. The minimum Gasteiger partial charge on any atom is -0.334 e. The van der Waals surface area contributed by atoms with Gasteiger partial charge in [0.25, 0.3) is 0 Å². The summed E-state index contributed by atoms with van der Waals surface area (Å²) in [6.07, 6.45) is 0.477. The summed E-state index contributed by atoms with van der Waals surface area (Å²) in [4.78, 5) is 12.0. The van der Waals surface area contributed by atoms with Crippen molar-refractivity contribution in [1.82, 2.24) is 5.32 Å². The Balaban J connectivity index is 1.72. The van der Waals surface area contributed by atoms with E-state index >= 15 is 0 Å². The van der Waals surface area contributed by atoms with E-state index < -0.39 is 9.84 Å². The molecule has 6 heteroatoms. The summed E-state index contributed by atoms with van der Waals surface area (Å²) >= 11 is 0. The Morgan fingerprint density at radius 1 is 1.10 bits per heavy atom. The van der Waals surface area contributed by atoms with E-state index in [9.17, 15) is 13.2 Å². The first-order chi connectivity index (χ1) is 10.0. The highest BCUT2D eigenvalue weighted by Crippen LogP contribution is 2.23. The van der Waals surface area contributed by atoms with E-state index in [1.165, 1.54) is 0 Å². The molecule has 0 aliphatic carbocycles. The number of rotatable bonds is 2. The van der Waals surface area contributed by atoms with Gasteiger partial charge < -0.3 is 10.6 Å². The van der Waals surface area contributed by atoms with Gasteiger partial charge in [0, 0.05) is 11.4 Å². The lowest BCUT2D eigenvalue weighted by molar-refractivity contribution is 0.249. The number of hydrogen-bond donors (Lipinski definition) is 2. The van der Waals surface area contributed by atoms with Crippen LogP contribution in [0.25, 0.3) is 10.8 Å². The van der Waals surface area contributed by atoms with Gasteiger partial charge in [-0.2, -0.15) is 0 Å². The Morgan fingerprint density at radius 3 is 2.62 bits per heavy atom. The Bertz CT molecular complexity index is 781. The highest BCUT2D eigenvalue weighted by molar-refractivity contribution is 7.91. The number of carbonyl (C=O) groups is 1. The van der Waals surface area contributed by atoms with Crippen molar-refractivity contribution in [2.45, 2.75) is 12.5 Å². The molecule has 1 fully saturated rings. The highest BCUT2D eigenvalue weighted by atomic mass is 32.2. The number of benzene rings is 2. The lowest BCUT2D eigenvalue weighted by Crippen LogP contribution is -2.38. The average molecular weight is 304 g/mol. The van der Waals surface area contributed by atoms with Gasteiger partial charge in [-0.25, -0.2) is 13.2 Å². The second-order valence-corrected chi connectivity index (χ2v) is 7.45. The van der Waals surface area contributed by atoms with Gasteiger partial charge in [0.15, 0.2) is 9.84 Å². The first kappa shape index (κ1) is 13.9. The van der Waals surface area contributed by atoms with Crippen molar-refractivity contribution in [3.8, 4) is 0 Å². The summed E-state index contributed by atoms with van der Waals surface area (Å²) in [5, 5.41) is 7.51. The molecule has 0 radical (unpaired) electrons. The van der Waals surface area contributed by atoms with Crippen molar-refractivity contribution in [1.29, 1.82) is 0 Å². The molecule has 0 aromatic heterocycles. The molecule has 1 aliphatic rings. The second kappa shape index (κ2) is 5.37. The predicted octanol–water partition coefficient (Wildman–Crippen LogP) is 2.15. The normalized spacial score (nSPS) is 20.3. The maximum atomic E-state index is 12.0. The molecule has 1 atom stereocenters. The quantitative estimate of drug-likeness (QED) is 0.892. The standard InChI is InChI=1S/C15H16N2O3S/c18-15(16-12-8-9-21(19,20)10-12)17-14-7-3-5-11-4-1-2-6-13(11)14/h1-7,12H,8-10H2,(H2,16,17,18)/t12-/m0/s1. The number of hydrogen-bond acceptors (Lipinski definition) is 3. The lowest BCUT2D eigenvalue weighted by atomic mass is 10.1. The molecule has 2 aromatic rings. The van der Waals surface area contributed by atoms with Crippen LogP contribution in [0.1, 0.15) is 6.42 Å². The lowest BCUT2D eigenvalue weighted by Gasteiger charge is -2.13. The molecule has 0 unspecified atom stereocenters. The van der Waals surface area contributed by atoms with Gasteiger partial charge in [-0.15, -0.1) is 0 Å². The number of nitrogens with one attached hydrogen (secondary N) is 2. The van der Waals surface area contributed by atoms with Gasteiger partial charge in [0.2, 0.25) is 0 Å². The maximum absolute atomic E-state index is 12.0. The number of sulfone groups is 1. The van der Waals surface area contributed by atoms with Crippen LogP contribution in [0.3, 0.4) is 0 Å². The van der Waals surface area contributed by atoms with Crippen LogP contribution in [0.4, 0.5) is 10.5 Å². The molecule has 110 valence electrons. The van der Waals surface area contributed by atoms with Gasteiger partial charge >= 0.3 is 6.03 Å². The molecular formula is C15H16N2O3S. The monoisotopic (exact) mass is 304 g/mol. The molecular weight excluding hydrogens is 288 g/mol. The molecule has 3 rings (SSSR count). The summed E-state index contributed by atoms with van der Waals surface area (Å²) in [5.74, 6) is 0.169. The number of anilines is 1. The summed E-state index contributed by atoms with van der Waals surface area (Å²) in [6, 6.07) is 12.8. The van der Waals surface area contributed by atoms with Crippen LogP contribution in [0, 0.1) is 0 Å². The molecule has 5 nitrogen and oxygen atoms in total. The van der Waals surface area contributed by atoms with Crippen LogP contribution in [-0.2, 0) is 9.84 Å². The van der Waals surface area contributed by atoms with Crippen molar-refractivity contribution in [3.63, 3.8) is 0 Å². The number of urea groups is 1. The van der Waals surface area contributed by atoms with E-state index in [-0.39, 0.29) is 23.6 Å². The minimum atomic E-state index is -2.99. The average Bonchev–Trinajstić information content (AvgIpc) is 2.78. The number of carbonyl (C=O) groups excluding carboxylic acids is 1. The summed E-state index contributed by atoms with van der Waals surface area (Å²) in [6.45, 7) is 0. The van der Waals surface area contributed by atoms with Gasteiger partial charge in [-0.3, -0.25) is 0 Å². The third kappa shape index (κ3) is 3.16. The van der Waals surface area contributed by atoms with E-state index in [4.69, 9.17) is 0 Å². The molecule has 1 saturated heterocycles. The Labute approximate surface area is 123 Å². The van der Waals surface area contributed by atoms with Crippen LogP contribution in [0.2, 0.25) is 0 Å². The van der Waals surface area contributed by atoms with Crippen LogP contribution < -0.4 is 10.6 Å². The molecule has 0 saturated carbocycles. The zero-order chi connectivity index (χ0) is 14.9. The molecule has 2 amide bonds. The smallest absolute Gasteiger partial charge is 0.319 e. The molecule has 2 aromatic carbocycles. The van der Waals surface area contributed by atoms with Crippen LogP contribution >= 0.6 is 0 Å². The minimum absolute atomic E-state index is 0.0238. The van der Waals surface area contributed by atoms with Crippen molar-refractivity contribution >= 4 is 32.3 Å². The second-order valence-electron chi connectivity index (χ2n) is 5.23. The SMILES string of the molecule is O=C(Nc1cccc2ccccc12)N[C@H]1CCS(=O)(=O)C1. The topological polar surface area (TPSA) is 75.3 Å².